The highest BCUT2D eigenvalue weighted by molar-refractivity contribution is 14.1. The first-order valence-corrected chi connectivity index (χ1v) is 6.28. The average molecular weight is 319 g/mol. The Bertz CT molecular complexity index is 632. The van der Waals surface area contributed by atoms with Gasteiger partial charge < -0.3 is 0 Å². The lowest BCUT2D eigenvalue weighted by Gasteiger charge is -2.05. The fraction of sp³-hybridized carbons (Fsp3) is 0.0714. The van der Waals surface area contributed by atoms with Gasteiger partial charge in [0.25, 0.3) is 0 Å². The van der Waals surface area contributed by atoms with Crippen molar-refractivity contribution < 1.29 is 0 Å². The smallest absolute Gasteiger partial charge is 0.0843 e. The summed E-state index contributed by atoms with van der Waals surface area (Å²) in [6.07, 6.45) is 0. The van der Waals surface area contributed by atoms with Crippen LogP contribution in [0.4, 0.5) is 0 Å². The summed E-state index contributed by atoms with van der Waals surface area (Å²) in [5.41, 5.74) is 3.45. The van der Waals surface area contributed by atoms with Crippen LogP contribution in [-0.2, 0) is 0 Å². The topological polar surface area (TPSA) is 12.9 Å². The van der Waals surface area contributed by atoms with E-state index in [1.54, 1.807) is 0 Å². The second kappa shape index (κ2) is 3.70. The summed E-state index contributed by atoms with van der Waals surface area (Å²) < 4.78 is 1.21. The summed E-state index contributed by atoms with van der Waals surface area (Å²) in [4.78, 5) is 4.77. The van der Waals surface area contributed by atoms with E-state index in [4.69, 9.17) is 4.98 Å². The van der Waals surface area contributed by atoms with Crippen molar-refractivity contribution in [3.05, 3.63) is 51.6 Å². The van der Waals surface area contributed by atoms with Gasteiger partial charge in [0, 0.05) is 14.3 Å². The number of rotatable bonds is 0. The van der Waals surface area contributed by atoms with Crippen LogP contribution in [0.5, 0.6) is 0 Å². The number of halogens is 1. The van der Waals surface area contributed by atoms with Crippen molar-refractivity contribution in [2.24, 2.45) is 0 Å². The Hall–Kier alpha value is -1.16. The van der Waals surface area contributed by atoms with E-state index in [2.05, 4.69) is 72.0 Å². The summed E-state index contributed by atoms with van der Waals surface area (Å²) in [6.45, 7) is 2.11. The van der Waals surface area contributed by atoms with Gasteiger partial charge in [0.2, 0.25) is 0 Å². The number of fused-ring (bicyclic) bond motifs is 2. The van der Waals surface area contributed by atoms with Crippen LogP contribution in [0.15, 0.2) is 42.5 Å². The average Bonchev–Trinajstić information content (AvgIpc) is 2.28. The number of hydrogen-bond acceptors (Lipinski definition) is 1. The summed E-state index contributed by atoms with van der Waals surface area (Å²) in [7, 11) is 0. The molecule has 16 heavy (non-hydrogen) atoms. The van der Waals surface area contributed by atoms with Crippen molar-refractivity contribution in [3.63, 3.8) is 0 Å². The normalized spacial score (nSPS) is 11.1. The number of nitrogens with zero attached hydrogens (tertiary/aromatic N) is 1. The Labute approximate surface area is 108 Å². The van der Waals surface area contributed by atoms with Gasteiger partial charge in [0.15, 0.2) is 0 Å². The third kappa shape index (κ3) is 1.48. The van der Waals surface area contributed by atoms with E-state index in [0.29, 0.717) is 0 Å². The highest BCUT2D eigenvalue weighted by Crippen LogP contribution is 2.24. The summed E-state index contributed by atoms with van der Waals surface area (Å²) in [5.74, 6) is 0. The van der Waals surface area contributed by atoms with Gasteiger partial charge in [-0.05, 0) is 47.2 Å². The summed E-state index contributed by atoms with van der Waals surface area (Å²) in [5, 5.41) is 2.43. The molecule has 78 valence electrons. The van der Waals surface area contributed by atoms with Crippen molar-refractivity contribution in [1.29, 1.82) is 0 Å². The van der Waals surface area contributed by atoms with Crippen molar-refractivity contribution in [3.8, 4) is 0 Å². The molecule has 0 aliphatic rings. The minimum absolute atomic E-state index is 1.10. The number of aromatic nitrogens is 1. The zero-order valence-corrected chi connectivity index (χ0v) is 11.0. The van der Waals surface area contributed by atoms with Crippen LogP contribution >= 0.6 is 22.6 Å². The Morgan fingerprint density at radius 3 is 2.44 bits per heavy atom. The van der Waals surface area contributed by atoms with E-state index < -0.39 is 0 Å². The standard InChI is InChI=1S/C14H10IN/c1-9-4-2-5-10-8-11-6-3-7-12(15)14(11)16-13(9)10/h2-8H,1H3. The van der Waals surface area contributed by atoms with E-state index in [0.717, 1.165) is 11.0 Å². The molecule has 0 atom stereocenters. The molecule has 2 aromatic carbocycles. The van der Waals surface area contributed by atoms with Gasteiger partial charge in [0.05, 0.1) is 11.0 Å². The SMILES string of the molecule is Cc1cccc2cc3cccc(I)c3nc12. The molecule has 0 amide bonds. The Morgan fingerprint density at radius 2 is 1.62 bits per heavy atom. The highest BCUT2D eigenvalue weighted by Gasteiger charge is 2.03. The monoisotopic (exact) mass is 319 g/mol. The van der Waals surface area contributed by atoms with Crippen LogP contribution in [0.2, 0.25) is 0 Å². The van der Waals surface area contributed by atoms with Crippen LogP contribution in [0.25, 0.3) is 21.8 Å². The minimum Gasteiger partial charge on any atom is -0.246 e. The highest BCUT2D eigenvalue weighted by atomic mass is 127. The maximum atomic E-state index is 4.77. The predicted octanol–water partition coefficient (Wildman–Crippen LogP) is 4.30. The Morgan fingerprint density at radius 1 is 0.938 bits per heavy atom. The van der Waals surface area contributed by atoms with Crippen LogP contribution in [-0.4, -0.2) is 4.98 Å². The van der Waals surface area contributed by atoms with E-state index >= 15 is 0 Å². The molecule has 1 aromatic heterocycles. The molecular weight excluding hydrogens is 309 g/mol. The van der Waals surface area contributed by atoms with Crippen LogP contribution in [0.3, 0.4) is 0 Å². The molecule has 0 fully saturated rings. The first-order valence-electron chi connectivity index (χ1n) is 5.20. The summed E-state index contributed by atoms with van der Waals surface area (Å²) >= 11 is 2.34. The molecular formula is C14H10IN. The Balaban J connectivity index is 2.55. The zero-order valence-electron chi connectivity index (χ0n) is 8.87. The van der Waals surface area contributed by atoms with Crippen molar-refractivity contribution >= 4 is 44.4 Å². The van der Waals surface area contributed by atoms with E-state index in [1.165, 1.54) is 19.9 Å². The van der Waals surface area contributed by atoms with Crippen LogP contribution in [0.1, 0.15) is 5.56 Å². The fourth-order valence-corrected chi connectivity index (χ4v) is 2.64. The fourth-order valence-electron chi connectivity index (χ4n) is 2.00. The second-order valence-electron chi connectivity index (χ2n) is 3.95. The molecule has 0 radical (unpaired) electrons. The molecule has 1 nitrogen and oxygen atoms in total. The van der Waals surface area contributed by atoms with Gasteiger partial charge >= 0.3 is 0 Å². The number of benzene rings is 2. The van der Waals surface area contributed by atoms with Gasteiger partial charge in [-0.25, -0.2) is 4.98 Å². The molecule has 0 aliphatic carbocycles. The molecule has 0 saturated heterocycles. The number of pyridine rings is 1. The molecule has 3 rings (SSSR count). The van der Waals surface area contributed by atoms with Gasteiger partial charge in [-0.15, -0.1) is 0 Å². The lowest BCUT2D eigenvalue weighted by molar-refractivity contribution is 1.42. The van der Waals surface area contributed by atoms with Gasteiger partial charge in [0.1, 0.15) is 0 Å². The molecule has 0 saturated carbocycles. The first kappa shape index (κ1) is 10.0. The van der Waals surface area contributed by atoms with Crippen molar-refractivity contribution in [1.82, 2.24) is 4.98 Å². The van der Waals surface area contributed by atoms with E-state index in [-0.39, 0.29) is 0 Å². The number of hydrogen-bond donors (Lipinski definition) is 0. The minimum atomic E-state index is 1.10. The van der Waals surface area contributed by atoms with Crippen molar-refractivity contribution in [2.45, 2.75) is 6.92 Å². The molecule has 0 aliphatic heterocycles. The Kier molecular flexibility index (Phi) is 2.32. The molecule has 2 heteroatoms. The van der Waals surface area contributed by atoms with Crippen LogP contribution in [0, 0.1) is 10.5 Å². The molecule has 0 spiro atoms. The lowest BCUT2D eigenvalue weighted by atomic mass is 10.1. The zero-order chi connectivity index (χ0) is 11.1. The second-order valence-corrected chi connectivity index (χ2v) is 5.11. The van der Waals surface area contributed by atoms with Crippen LogP contribution < -0.4 is 0 Å². The quantitative estimate of drug-likeness (QED) is 0.445. The first-order chi connectivity index (χ1) is 7.75. The molecule has 1 heterocycles. The third-order valence-electron chi connectivity index (χ3n) is 2.82. The lowest BCUT2D eigenvalue weighted by Crippen LogP contribution is -1.87. The summed E-state index contributed by atoms with van der Waals surface area (Å²) in [6, 6.07) is 14.8. The predicted molar refractivity (Wildman–Crippen MR) is 76.7 cm³/mol. The van der Waals surface area contributed by atoms with E-state index in [1.807, 2.05) is 0 Å². The van der Waals surface area contributed by atoms with Gasteiger partial charge in [-0.3, -0.25) is 0 Å². The maximum Gasteiger partial charge on any atom is 0.0843 e. The maximum absolute atomic E-state index is 4.77. The third-order valence-corrected chi connectivity index (χ3v) is 3.69. The van der Waals surface area contributed by atoms with E-state index in [9.17, 15) is 0 Å². The number of para-hydroxylation sites is 2. The molecule has 0 bridgehead atoms. The molecule has 0 N–H and O–H groups in total. The number of aryl methyl sites for hydroxylation is 1. The van der Waals surface area contributed by atoms with Gasteiger partial charge in [-0.1, -0.05) is 30.3 Å². The van der Waals surface area contributed by atoms with Gasteiger partial charge in [-0.2, -0.15) is 0 Å². The molecule has 3 aromatic rings. The largest absolute Gasteiger partial charge is 0.246 e. The van der Waals surface area contributed by atoms with Crippen molar-refractivity contribution in [2.75, 3.05) is 0 Å². The molecule has 0 unspecified atom stereocenters.